The van der Waals surface area contributed by atoms with Gasteiger partial charge in [-0.25, -0.2) is 0 Å². The van der Waals surface area contributed by atoms with E-state index in [9.17, 15) is 0 Å². The normalized spacial score (nSPS) is 23.7. The fourth-order valence-electron chi connectivity index (χ4n) is 3.21. The smallest absolute Gasteiger partial charge is 0.122 e. The molecule has 19 heavy (non-hydrogen) atoms. The van der Waals surface area contributed by atoms with Crippen molar-refractivity contribution in [3.63, 3.8) is 0 Å². The van der Waals surface area contributed by atoms with Gasteiger partial charge in [-0.3, -0.25) is 0 Å². The number of benzene rings is 1. The lowest BCUT2D eigenvalue weighted by molar-refractivity contribution is 0.366. The van der Waals surface area contributed by atoms with E-state index in [1.54, 1.807) is 14.2 Å². The quantitative estimate of drug-likeness (QED) is 0.847. The van der Waals surface area contributed by atoms with Crippen LogP contribution in [0.5, 0.6) is 11.5 Å². The Labute approximate surface area is 116 Å². The minimum atomic E-state index is 0.498. The zero-order valence-corrected chi connectivity index (χ0v) is 12.0. The molecule has 0 aliphatic heterocycles. The second-order valence-electron chi connectivity index (χ2n) is 5.35. The molecule has 2 unspecified atom stereocenters. The van der Waals surface area contributed by atoms with Crippen molar-refractivity contribution in [1.29, 1.82) is 0 Å². The Balaban J connectivity index is 2.35. The number of hydrogen-bond acceptors (Lipinski definition) is 3. The second kappa shape index (κ2) is 6.80. The maximum absolute atomic E-state index is 5.99. The lowest BCUT2D eigenvalue weighted by atomic mass is 9.82. The highest BCUT2D eigenvalue weighted by Gasteiger charge is 2.26. The molecule has 3 heteroatoms. The van der Waals surface area contributed by atoms with E-state index in [-0.39, 0.29) is 0 Å². The van der Waals surface area contributed by atoms with Gasteiger partial charge in [0.2, 0.25) is 0 Å². The van der Waals surface area contributed by atoms with Crippen LogP contribution < -0.4 is 15.2 Å². The fraction of sp³-hybridized carbons (Fsp3) is 0.625. The monoisotopic (exact) mass is 263 g/mol. The molecule has 2 N–H and O–H groups in total. The maximum Gasteiger partial charge on any atom is 0.122 e. The van der Waals surface area contributed by atoms with E-state index in [4.69, 9.17) is 15.2 Å². The zero-order valence-electron chi connectivity index (χ0n) is 12.0. The van der Waals surface area contributed by atoms with E-state index in [1.807, 2.05) is 12.1 Å². The van der Waals surface area contributed by atoms with Gasteiger partial charge in [-0.15, -0.1) is 0 Å². The van der Waals surface area contributed by atoms with Crippen LogP contribution in [0.15, 0.2) is 18.2 Å². The summed E-state index contributed by atoms with van der Waals surface area (Å²) in [5.74, 6) is 2.92. The summed E-state index contributed by atoms with van der Waals surface area (Å²) in [5.41, 5.74) is 7.25. The Kier molecular flexibility index (Phi) is 5.08. The van der Waals surface area contributed by atoms with Gasteiger partial charge >= 0.3 is 0 Å². The predicted octanol–water partition coefficient (Wildman–Crippen LogP) is 3.33. The molecule has 106 valence electrons. The van der Waals surface area contributed by atoms with Gasteiger partial charge in [0.15, 0.2) is 0 Å². The summed E-state index contributed by atoms with van der Waals surface area (Å²) in [4.78, 5) is 0. The van der Waals surface area contributed by atoms with Crippen molar-refractivity contribution in [2.75, 3.05) is 20.8 Å². The van der Waals surface area contributed by atoms with Gasteiger partial charge in [0.05, 0.1) is 14.2 Å². The Morgan fingerprint density at radius 2 is 1.89 bits per heavy atom. The highest BCUT2D eigenvalue weighted by Crippen LogP contribution is 2.41. The van der Waals surface area contributed by atoms with Crippen LogP contribution in [0.4, 0.5) is 0 Å². The molecule has 0 saturated heterocycles. The number of ether oxygens (including phenoxy) is 2. The van der Waals surface area contributed by atoms with Gasteiger partial charge in [-0.05, 0) is 49.4 Å². The first kappa shape index (κ1) is 14.2. The molecule has 0 heterocycles. The number of methoxy groups -OCH3 is 2. The maximum atomic E-state index is 5.99. The molecule has 0 bridgehead atoms. The van der Waals surface area contributed by atoms with Crippen molar-refractivity contribution in [2.24, 2.45) is 11.7 Å². The third-order valence-electron chi connectivity index (χ3n) is 4.30. The first-order chi connectivity index (χ1) is 9.30. The van der Waals surface area contributed by atoms with Crippen LogP contribution in [-0.2, 0) is 0 Å². The van der Waals surface area contributed by atoms with E-state index < -0.39 is 0 Å². The highest BCUT2D eigenvalue weighted by atomic mass is 16.5. The molecule has 0 aromatic heterocycles. The van der Waals surface area contributed by atoms with Gasteiger partial charge in [-0.2, -0.15) is 0 Å². The highest BCUT2D eigenvalue weighted by molar-refractivity contribution is 5.43. The van der Waals surface area contributed by atoms with Gasteiger partial charge in [0.25, 0.3) is 0 Å². The van der Waals surface area contributed by atoms with E-state index >= 15 is 0 Å². The predicted molar refractivity (Wildman–Crippen MR) is 77.9 cm³/mol. The minimum absolute atomic E-state index is 0.498. The van der Waals surface area contributed by atoms with Crippen LogP contribution in [0.3, 0.4) is 0 Å². The molecule has 1 aromatic carbocycles. The standard InChI is InChI=1S/C16H25NO2/c1-18-13-8-9-16(19-2)15(10-13)14-7-5-3-4-6-12(14)11-17/h8-10,12,14H,3-7,11,17H2,1-2H3. The lowest BCUT2D eigenvalue weighted by Crippen LogP contribution is -2.21. The molecular weight excluding hydrogens is 238 g/mol. The van der Waals surface area contributed by atoms with Crippen LogP contribution in [0, 0.1) is 5.92 Å². The SMILES string of the molecule is COc1ccc(OC)c(C2CCCCCC2CN)c1. The summed E-state index contributed by atoms with van der Waals surface area (Å²) in [6, 6.07) is 6.08. The van der Waals surface area contributed by atoms with Crippen molar-refractivity contribution < 1.29 is 9.47 Å². The van der Waals surface area contributed by atoms with Crippen molar-refractivity contribution in [2.45, 2.75) is 38.0 Å². The zero-order chi connectivity index (χ0) is 13.7. The summed E-state index contributed by atoms with van der Waals surface area (Å²) < 4.78 is 10.9. The number of rotatable bonds is 4. The molecule has 1 aliphatic carbocycles. The Hall–Kier alpha value is -1.22. The molecule has 1 saturated carbocycles. The first-order valence-corrected chi connectivity index (χ1v) is 7.22. The molecule has 2 atom stereocenters. The van der Waals surface area contributed by atoms with Crippen molar-refractivity contribution in [3.05, 3.63) is 23.8 Å². The largest absolute Gasteiger partial charge is 0.497 e. The molecule has 0 spiro atoms. The molecule has 3 nitrogen and oxygen atoms in total. The summed E-state index contributed by atoms with van der Waals surface area (Å²) in [5, 5.41) is 0. The van der Waals surface area contributed by atoms with E-state index in [0.29, 0.717) is 11.8 Å². The van der Waals surface area contributed by atoms with Crippen molar-refractivity contribution in [1.82, 2.24) is 0 Å². The van der Waals surface area contributed by atoms with Gasteiger partial charge in [0, 0.05) is 5.56 Å². The summed E-state index contributed by atoms with van der Waals surface area (Å²) >= 11 is 0. The van der Waals surface area contributed by atoms with Crippen LogP contribution >= 0.6 is 0 Å². The molecule has 2 rings (SSSR count). The van der Waals surface area contributed by atoms with Crippen LogP contribution in [-0.4, -0.2) is 20.8 Å². The second-order valence-corrected chi connectivity index (χ2v) is 5.35. The lowest BCUT2D eigenvalue weighted by Gasteiger charge is -2.26. The average molecular weight is 263 g/mol. The topological polar surface area (TPSA) is 44.5 Å². The molecule has 1 aromatic rings. The number of hydrogen-bond donors (Lipinski definition) is 1. The Morgan fingerprint density at radius 3 is 2.58 bits per heavy atom. The minimum Gasteiger partial charge on any atom is -0.497 e. The first-order valence-electron chi connectivity index (χ1n) is 7.22. The molecule has 0 radical (unpaired) electrons. The van der Waals surface area contributed by atoms with Crippen LogP contribution in [0.2, 0.25) is 0 Å². The molecule has 1 aliphatic rings. The van der Waals surface area contributed by atoms with Crippen molar-refractivity contribution in [3.8, 4) is 11.5 Å². The number of nitrogens with two attached hydrogens (primary N) is 1. The van der Waals surface area contributed by atoms with E-state index in [0.717, 1.165) is 18.0 Å². The van der Waals surface area contributed by atoms with Gasteiger partial charge in [0.1, 0.15) is 11.5 Å². The molecular formula is C16H25NO2. The van der Waals surface area contributed by atoms with Gasteiger partial charge < -0.3 is 15.2 Å². The van der Waals surface area contributed by atoms with E-state index in [1.165, 1.54) is 37.7 Å². The molecule has 0 amide bonds. The van der Waals surface area contributed by atoms with Crippen LogP contribution in [0.1, 0.15) is 43.6 Å². The van der Waals surface area contributed by atoms with Crippen molar-refractivity contribution >= 4 is 0 Å². The fourth-order valence-corrected chi connectivity index (χ4v) is 3.21. The summed E-state index contributed by atoms with van der Waals surface area (Å²) in [7, 11) is 3.44. The Morgan fingerprint density at radius 1 is 1.11 bits per heavy atom. The summed E-state index contributed by atoms with van der Waals surface area (Å²) in [6.45, 7) is 0.755. The van der Waals surface area contributed by atoms with Crippen LogP contribution in [0.25, 0.3) is 0 Å². The summed E-state index contributed by atoms with van der Waals surface area (Å²) in [6.07, 6.45) is 6.32. The third-order valence-corrected chi connectivity index (χ3v) is 4.30. The third kappa shape index (κ3) is 3.21. The Bertz CT molecular complexity index is 406. The molecule has 1 fully saturated rings. The average Bonchev–Trinajstić information content (AvgIpc) is 2.71. The van der Waals surface area contributed by atoms with E-state index in [2.05, 4.69) is 6.07 Å². The van der Waals surface area contributed by atoms with Gasteiger partial charge in [-0.1, -0.05) is 19.3 Å².